The number of guanidine groups is 1. The summed E-state index contributed by atoms with van der Waals surface area (Å²) in [6.07, 6.45) is 9.92. The van der Waals surface area contributed by atoms with Gasteiger partial charge in [0, 0.05) is 12.6 Å². The third kappa shape index (κ3) is 5.25. The fourth-order valence-corrected chi connectivity index (χ4v) is 8.61. The first-order chi connectivity index (χ1) is 18.1. The Morgan fingerprint density at radius 3 is 2.45 bits per heavy atom. The van der Waals surface area contributed by atoms with Gasteiger partial charge in [0.05, 0.1) is 26.2 Å². The van der Waals surface area contributed by atoms with E-state index in [1.54, 1.807) is 13.0 Å². The Kier molecular flexibility index (Phi) is 7.64. The molecule has 3 heterocycles. The van der Waals surface area contributed by atoms with Gasteiger partial charge >= 0.3 is 0 Å². The molecule has 1 atom stereocenters. The molecule has 2 aromatic heterocycles. The first-order valence-corrected chi connectivity index (χ1v) is 16.1. The van der Waals surface area contributed by atoms with Gasteiger partial charge < -0.3 is 10.2 Å². The predicted octanol–water partition coefficient (Wildman–Crippen LogP) is 6.92. The van der Waals surface area contributed by atoms with E-state index in [9.17, 15) is 8.42 Å². The Bertz CT molecular complexity index is 1440. The number of aromatic nitrogens is 1. The van der Waals surface area contributed by atoms with E-state index in [1.807, 2.05) is 0 Å². The molecule has 5 rings (SSSR count). The van der Waals surface area contributed by atoms with E-state index in [0.29, 0.717) is 21.7 Å². The molecule has 1 aliphatic carbocycles. The van der Waals surface area contributed by atoms with Gasteiger partial charge in [0.2, 0.25) is 21.9 Å². The van der Waals surface area contributed by atoms with Crippen molar-refractivity contribution in [2.45, 2.75) is 76.7 Å². The third-order valence-electron chi connectivity index (χ3n) is 7.73. The average Bonchev–Trinajstić information content (AvgIpc) is 3.46. The number of nitrogens with two attached hydrogens (primary N) is 1. The fourth-order valence-electron chi connectivity index (χ4n) is 5.53. The van der Waals surface area contributed by atoms with Gasteiger partial charge in [0.1, 0.15) is 5.54 Å². The number of aryl methyl sites for hydroxylation is 1. The van der Waals surface area contributed by atoms with Gasteiger partial charge in [0.15, 0.2) is 5.76 Å². The van der Waals surface area contributed by atoms with Crippen LogP contribution >= 0.6 is 22.9 Å². The summed E-state index contributed by atoms with van der Waals surface area (Å²) in [5.41, 5.74) is 8.13. The minimum Gasteiger partial charge on any atom is -0.435 e. The van der Waals surface area contributed by atoms with E-state index >= 15 is 0 Å². The molecular formula is C28H35ClN4O3S2. The topological polar surface area (TPSA) is 102 Å². The number of rotatable bonds is 5. The minimum absolute atomic E-state index is 0.0562. The summed E-state index contributed by atoms with van der Waals surface area (Å²) in [5.74, 6) is 1.58. The number of thiophene rings is 1. The first-order valence-electron chi connectivity index (χ1n) is 13.3. The lowest BCUT2D eigenvalue weighted by Crippen LogP contribution is -2.50. The number of nitrogens with zero attached hydrogens (tertiary/aromatic N) is 3. The van der Waals surface area contributed by atoms with Gasteiger partial charge in [-0.15, -0.1) is 11.3 Å². The first kappa shape index (κ1) is 27.2. The molecule has 2 N–H and O–H groups in total. The van der Waals surface area contributed by atoms with Crippen LogP contribution in [0, 0.1) is 0 Å². The van der Waals surface area contributed by atoms with E-state index in [2.05, 4.69) is 36.2 Å². The number of halogens is 1. The van der Waals surface area contributed by atoms with Crippen molar-refractivity contribution < 1.29 is 12.8 Å². The molecule has 1 aliphatic heterocycles. The lowest BCUT2D eigenvalue weighted by Gasteiger charge is -2.33. The summed E-state index contributed by atoms with van der Waals surface area (Å²) < 4.78 is 32.7. The zero-order valence-corrected chi connectivity index (χ0v) is 24.6. The lowest BCUT2D eigenvalue weighted by molar-refractivity contribution is 0.455. The van der Waals surface area contributed by atoms with Crippen molar-refractivity contribution in [1.82, 2.24) is 9.29 Å². The van der Waals surface area contributed by atoms with Gasteiger partial charge in [-0.2, -0.15) is 0 Å². The maximum absolute atomic E-state index is 12.7. The highest BCUT2D eigenvalue weighted by Gasteiger charge is 2.42. The van der Waals surface area contributed by atoms with Gasteiger partial charge in [-0.05, 0) is 43.7 Å². The molecule has 0 spiro atoms. The van der Waals surface area contributed by atoms with Crippen LogP contribution in [0.5, 0.6) is 0 Å². The van der Waals surface area contributed by atoms with Crippen molar-refractivity contribution in [1.29, 1.82) is 0 Å². The molecule has 3 aromatic rings. The van der Waals surface area contributed by atoms with Crippen LogP contribution in [0.1, 0.15) is 80.8 Å². The summed E-state index contributed by atoms with van der Waals surface area (Å²) in [5, 5.41) is 0.421. The predicted molar refractivity (Wildman–Crippen MR) is 155 cm³/mol. The van der Waals surface area contributed by atoms with Gasteiger partial charge in [-0.1, -0.05) is 74.9 Å². The average molecular weight is 575 g/mol. The van der Waals surface area contributed by atoms with Gasteiger partial charge in [0.25, 0.3) is 0 Å². The van der Waals surface area contributed by atoms with Crippen LogP contribution < -0.4 is 5.73 Å². The van der Waals surface area contributed by atoms with E-state index in [0.717, 1.165) is 32.6 Å². The van der Waals surface area contributed by atoms with Crippen LogP contribution in [0.15, 0.2) is 39.7 Å². The molecule has 1 unspecified atom stereocenters. The normalized spacial score (nSPS) is 22.6. The summed E-state index contributed by atoms with van der Waals surface area (Å²) in [7, 11) is -2.21. The summed E-state index contributed by atoms with van der Waals surface area (Å²) in [6.45, 7) is 3.80. The second-order valence-electron chi connectivity index (χ2n) is 10.6. The van der Waals surface area contributed by atoms with Gasteiger partial charge in [-0.25, -0.2) is 22.7 Å². The number of oxazole rings is 1. The second-order valence-corrected chi connectivity index (χ2v) is 14.0. The Hall–Kier alpha value is -2.36. The van der Waals surface area contributed by atoms with Crippen molar-refractivity contribution in [3.63, 3.8) is 0 Å². The zero-order chi connectivity index (χ0) is 27.1. The van der Waals surface area contributed by atoms with E-state index in [-0.39, 0.29) is 11.7 Å². The standard InChI is InChI=1S/C28H35ClN4O3S2/c1-4-22-24(20-14-12-19(13-15-20)18-10-8-6-5-7-9-11-18)36-26(31-22)23-16-21(29)25(37-23)28(2)17-38(34,35)33(3)27(30)32-28/h12-16,18H,4-11,17H2,1-3H3,(H2,30,32). The highest BCUT2D eigenvalue weighted by molar-refractivity contribution is 7.89. The Morgan fingerprint density at radius 1 is 1.16 bits per heavy atom. The zero-order valence-electron chi connectivity index (χ0n) is 22.2. The number of hydrogen-bond acceptors (Lipinski definition) is 7. The highest BCUT2D eigenvalue weighted by atomic mass is 35.5. The van der Waals surface area contributed by atoms with E-state index in [1.165, 1.54) is 68.9 Å². The molecule has 1 fully saturated rings. The van der Waals surface area contributed by atoms with Gasteiger partial charge in [-0.3, -0.25) is 0 Å². The fraction of sp³-hybridized carbons (Fsp3) is 0.500. The number of hydrogen-bond donors (Lipinski definition) is 1. The Morgan fingerprint density at radius 2 is 1.82 bits per heavy atom. The smallest absolute Gasteiger partial charge is 0.239 e. The van der Waals surface area contributed by atoms with E-state index in [4.69, 9.17) is 26.7 Å². The van der Waals surface area contributed by atoms with Crippen molar-refractivity contribution in [3.05, 3.63) is 51.5 Å². The summed E-state index contributed by atoms with van der Waals surface area (Å²) in [4.78, 5) is 10.6. The van der Waals surface area contributed by atoms with Crippen molar-refractivity contribution in [2.24, 2.45) is 10.7 Å². The molecule has 2 aliphatic rings. The van der Waals surface area contributed by atoms with Crippen LogP contribution in [-0.2, 0) is 22.0 Å². The Labute approximate surface area is 234 Å². The third-order valence-corrected chi connectivity index (χ3v) is 11.5. The largest absolute Gasteiger partial charge is 0.435 e. The van der Waals surface area contributed by atoms with Crippen LogP contribution in [0.25, 0.3) is 22.1 Å². The van der Waals surface area contributed by atoms with Crippen LogP contribution in [0.4, 0.5) is 0 Å². The van der Waals surface area contributed by atoms with Crippen molar-refractivity contribution >= 4 is 38.9 Å². The minimum atomic E-state index is -3.61. The maximum atomic E-state index is 12.7. The number of aliphatic imine (C=N–C) groups is 1. The molecule has 38 heavy (non-hydrogen) atoms. The second kappa shape index (κ2) is 10.7. The molecule has 204 valence electrons. The molecule has 1 saturated carbocycles. The molecule has 1 aromatic carbocycles. The van der Waals surface area contributed by atoms with Crippen molar-refractivity contribution in [3.8, 4) is 22.1 Å². The molecule has 0 bridgehead atoms. The number of sulfonamides is 1. The van der Waals surface area contributed by atoms with Crippen LogP contribution in [0.3, 0.4) is 0 Å². The molecule has 10 heteroatoms. The number of benzene rings is 1. The van der Waals surface area contributed by atoms with E-state index < -0.39 is 15.6 Å². The molecule has 0 radical (unpaired) electrons. The maximum Gasteiger partial charge on any atom is 0.239 e. The van der Waals surface area contributed by atoms with Crippen LogP contribution in [-0.4, -0.2) is 36.5 Å². The molecule has 0 saturated heterocycles. The quantitative estimate of drug-likeness (QED) is 0.356. The summed E-state index contributed by atoms with van der Waals surface area (Å²) in [6, 6.07) is 10.6. The lowest BCUT2D eigenvalue weighted by atomic mass is 9.85. The van der Waals surface area contributed by atoms with Crippen LogP contribution in [0.2, 0.25) is 5.02 Å². The summed E-state index contributed by atoms with van der Waals surface area (Å²) >= 11 is 7.97. The van der Waals surface area contributed by atoms with Crippen molar-refractivity contribution in [2.75, 3.05) is 12.8 Å². The SMILES string of the molecule is CCc1nc(-c2cc(Cl)c(C3(C)CS(=O)(=O)N(C)C(N)=N3)s2)oc1-c1ccc(C2CCCCCCC2)cc1. The highest BCUT2D eigenvalue weighted by Crippen LogP contribution is 2.45. The molecular weight excluding hydrogens is 540 g/mol. The Balaban J connectivity index is 1.44. The molecule has 0 amide bonds. The molecule has 7 nitrogen and oxygen atoms in total. The monoisotopic (exact) mass is 574 g/mol.